The summed E-state index contributed by atoms with van der Waals surface area (Å²) in [5, 5.41) is 0. The molecule has 0 aromatic rings. The third-order valence-corrected chi connectivity index (χ3v) is 4.17. The molecule has 0 heterocycles. The Kier molecular flexibility index (Phi) is 7.17. The molecule has 0 bridgehead atoms. The summed E-state index contributed by atoms with van der Waals surface area (Å²) in [5.74, 6) is -0.165. The molecule has 0 rings (SSSR count). The van der Waals surface area contributed by atoms with E-state index in [2.05, 4.69) is 20.8 Å². The maximum atomic E-state index is 11.7. The molecule has 0 aromatic heterocycles. The molecule has 0 fully saturated rings. The number of hydrogen-bond acceptors (Lipinski definition) is 2. The second-order valence-electron chi connectivity index (χ2n) is 5.07. The molecule has 0 unspecified atom stereocenters. The minimum Gasteiger partial charge on any atom is -0.462 e. The van der Waals surface area contributed by atoms with E-state index in [0.717, 1.165) is 36.8 Å². The zero-order chi connectivity index (χ0) is 13.5. The van der Waals surface area contributed by atoms with Crippen LogP contribution in [0.5, 0.6) is 0 Å². The van der Waals surface area contributed by atoms with E-state index in [1.807, 2.05) is 20.8 Å². The predicted molar refractivity (Wildman–Crippen MR) is 72.9 cm³/mol. The Balaban J connectivity index is 4.24. The first-order valence-electron chi connectivity index (χ1n) is 6.73. The first-order valence-corrected chi connectivity index (χ1v) is 6.73. The van der Waals surface area contributed by atoms with E-state index in [4.69, 9.17) is 4.74 Å². The quantitative estimate of drug-likeness (QED) is 0.484. The smallest absolute Gasteiger partial charge is 0.333 e. The Morgan fingerprint density at radius 2 is 1.47 bits per heavy atom. The Hall–Kier alpha value is -0.790. The fraction of sp³-hybridized carbons (Fsp3) is 0.800. The van der Waals surface area contributed by atoms with Crippen LogP contribution in [0.1, 0.15) is 67.2 Å². The van der Waals surface area contributed by atoms with Crippen LogP contribution < -0.4 is 0 Å². The number of carbonyl (C=O) groups is 1. The van der Waals surface area contributed by atoms with Crippen molar-refractivity contribution in [3.05, 3.63) is 11.1 Å². The van der Waals surface area contributed by atoms with Crippen molar-refractivity contribution in [3.8, 4) is 0 Å². The van der Waals surface area contributed by atoms with Crippen molar-refractivity contribution in [2.24, 2.45) is 5.41 Å². The summed E-state index contributed by atoms with van der Waals surface area (Å²) < 4.78 is 5.33. The van der Waals surface area contributed by atoms with Crippen LogP contribution in [0.3, 0.4) is 0 Å². The van der Waals surface area contributed by atoms with E-state index in [0.29, 0.717) is 12.0 Å². The third-order valence-electron chi connectivity index (χ3n) is 4.17. The average molecular weight is 240 g/mol. The van der Waals surface area contributed by atoms with Crippen molar-refractivity contribution >= 4 is 5.97 Å². The van der Waals surface area contributed by atoms with Gasteiger partial charge in [0.25, 0.3) is 0 Å². The number of esters is 1. The lowest BCUT2D eigenvalue weighted by molar-refractivity contribution is -0.139. The van der Waals surface area contributed by atoms with Crippen LogP contribution in [0.15, 0.2) is 11.1 Å². The summed E-state index contributed by atoms with van der Waals surface area (Å²) in [4.78, 5) is 11.7. The van der Waals surface area contributed by atoms with Gasteiger partial charge in [0.2, 0.25) is 0 Å². The van der Waals surface area contributed by atoms with Gasteiger partial charge in [-0.25, -0.2) is 4.79 Å². The van der Waals surface area contributed by atoms with E-state index < -0.39 is 0 Å². The van der Waals surface area contributed by atoms with Crippen LogP contribution in [0, 0.1) is 5.41 Å². The van der Waals surface area contributed by atoms with Gasteiger partial charge in [-0.05, 0) is 32.6 Å². The van der Waals surface area contributed by atoms with Gasteiger partial charge in [-0.2, -0.15) is 0 Å². The van der Waals surface area contributed by atoms with Gasteiger partial charge in [-0.3, -0.25) is 0 Å². The number of rotatable bonds is 7. The highest BCUT2D eigenvalue weighted by Crippen LogP contribution is 2.34. The second kappa shape index (κ2) is 7.52. The molecule has 0 aliphatic rings. The van der Waals surface area contributed by atoms with Gasteiger partial charge in [0.1, 0.15) is 0 Å². The SMILES string of the molecule is CCC(CC)(CC)CCOC(=O)C(C)=C(C)C. The van der Waals surface area contributed by atoms with Crippen molar-refractivity contribution in [3.63, 3.8) is 0 Å². The van der Waals surface area contributed by atoms with Crippen molar-refractivity contribution < 1.29 is 9.53 Å². The molecular formula is C15H28O2. The van der Waals surface area contributed by atoms with Gasteiger partial charge in [0.05, 0.1) is 6.61 Å². The molecule has 2 nitrogen and oxygen atoms in total. The lowest BCUT2D eigenvalue weighted by Gasteiger charge is -2.30. The van der Waals surface area contributed by atoms with Gasteiger partial charge in [0.15, 0.2) is 0 Å². The lowest BCUT2D eigenvalue weighted by atomic mass is 9.77. The Labute approximate surface area is 106 Å². The second-order valence-corrected chi connectivity index (χ2v) is 5.07. The monoisotopic (exact) mass is 240 g/mol. The highest BCUT2D eigenvalue weighted by atomic mass is 16.5. The number of ether oxygens (including phenoxy) is 1. The van der Waals surface area contributed by atoms with Gasteiger partial charge < -0.3 is 4.74 Å². The topological polar surface area (TPSA) is 26.3 Å². The minimum absolute atomic E-state index is 0.165. The molecule has 0 saturated heterocycles. The summed E-state index contributed by atoms with van der Waals surface area (Å²) in [6, 6.07) is 0. The average Bonchev–Trinajstić information content (AvgIpc) is 2.34. The number of hydrogen-bond donors (Lipinski definition) is 0. The van der Waals surface area contributed by atoms with E-state index in [-0.39, 0.29) is 5.97 Å². The van der Waals surface area contributed by atoms with Gasteiger partial charge in [-0.15, -0.1) is 0 Å². The van der Waals surface area contributed by atoms with E-state index >= 15 is 0 Å². The maximum absolute atomic E-state index is 11.7. The first kappa shape index (κ1) is 16.2. The van der Waals surface area contributed by atoms with Crippen LogP contribution in [-0.4, -0.2) is 12.6 Å². The zero-order valence-corrected chi connectivity index (χ0v) is 12.4. The third kappa shape index (κ3) is 4.93. The van der Waals surface area contributed by atoms with Gasteiger partial charge >= 0.3 is 5.97 Å². The molecule has 17 heavy (non-hydrogen) atoms. The summed E-state index contributed by atoms with van der Waals surface area (Å²) in [7, 11) is 0. The molecule has 0 radical (unpaired) electrons. The normalized spacial score (nSPS) is 11.2. The summed E-state index contributed by atoms with van der Waals surface area (Å²) in [6.45, 7) is 12.9. The van der Waals surface area contributed by atoms with E-state index in [1.54, 1.807) is 0 Å². The molecule has 0 aliphatic heterocycles. The van der Waals surface area contributed by atoms with Crippen molar-refractivity contribution in [1.82, 2.24) is 0 Å². The van der Waals surface area contributed by atoms with Crippen molar-refractivity contribution in [1.29, 1.82) is 0 Å². The lowest BCUT2D eigenvalue weighted by Crippen LogP contribution is -2.21. The van der Waals surface area contributed by atoms with Crippen LogP contribution >= 0.6 is 0 Å². The summed E-state index contributed by atoms with van der Waals surface area (Å²) in [5.41, 5.74) is 2.11. The molecule has 2 heteroatoms. The van der Waals surface area contributed by atoms with Gasteiger partial charge in [-0.1, -0.05) is 45.6 Å². The van der Waals surface area contributed by atoms with E-state index in [9.17, 15) is 4.79 Å². The Morgan fingerprint density at radius 3 is 1.82 bits per heavy atom. The molecular weight excluding hydrogens is 212 g/mol. The first-order chi connectivity index (χ1) is 7.92. The van der Waals surface area contributed by atoms with Gasteiger partial charge in [0, 0.05) is 5.57 Å². The summed E-state index contributed by atoms with van der Waals surface area (Å²) >= 11 is 0. The molecule has 0 N–H and O–H groups in total. The molecule has 0 atom stereocenters. The largest absolute Gasteiger partial charge is 0.462 e. The fourth-order valence-corrected chi connectivity index (χ4v) is 1.95. The van der Waals surface area contributed by atoms with Crippen molar-refractivity contribution in [2.75, 3.05) is 6.61 Å². The van der Waals surface area contributed by atoms with Crippen LogP contribution in [0.2, 0.25) is 0 Å². The van der Waals surface area contributed by atoms with Crippen LogP contribution in [0.4, 0.5) is 0 Å². The molecule has 0 spiro atoms. The van der Waals surface area contributed by atoms with Crippen LogP contribution in [-0.2, 0) is 9.53 Å². The molecule has 0 saturated carbocycles. The zero-order valence-electron chi connectivity index (χ0n) is 12.4. The minimum atomic E-state index is -0.165. The number of carbonyl (C=O) groups excluding carboxylic acids is 1. The Morgan fingerprint density at radius 1 is 1.00 bits per heavy atom. The molecule has 0 aromatic carbocycles. The number of allylic oxidation sites excluding steroid dienone is 1. The standard InChI is InChI=1S/C15H28O2/c1-7-15(8-2,9-3)10-11-17-14(16)13(6)12(4)5/h7-11H2,1-6H3. The predicted octanol–water partition coefficient (Wildman–Crippen LogP) is 4.49. The van der Waals surface area contributed by atoms with E-state index in [1.165, 1.54) is 0 Å². The molecule has 100 valence electrons. The maximum Gasteiger partial charge on any atom is 0.333 e. The molecule has 0 amide bonds. The highest BCUT2D eigenvalue weighted by Gasteiger charge is 2.24. The Bertz CT molecular complexity index is 260. The van der Waals surface area contributed by atoms with Crippen LogP contribution in [0.25, 0.3) is 0 Å². The molecule has 0 aliphatic carbocycles. The highest BCUT2D eigenvalue weighted by molar-refractivity contribution is 5.88. The fourth-order valence-electron chi connectivity index (χ4n) is 1.95. The summed E-state index contributed by atoms with van der Waals surface area (Å²) in [6.07, 6.45) is 4.43. The van der Waals surface area contributed by atoms with Crippen molar-refractivity contribution in [2.45, 2.75) is 67.2 Å².